The van der Waals surface area contributed by atoms with Gasteiger partial charge in [0.25, 0.3) is 0 Å². The van der Waals surface area contributed by atoms with E-state index in [4.69, 9.17) is 23.2 Å². The summed E-state index contributed by atoms with van der Waals surface area (Å²) in [5.41, 5.74) is 1.53. The molecule has 0 bridgehead atoms. The highest BCUT2D eigenvalue weighted by atomic mass is 35.5. The fraction of sp³-hybridized carbons (Fsp3) is 0.188. The van der Waals surface area contributed by atoms with Gasteiger partial charge in [-0.3, -0.25) is 4.79 Å². The molecule has 0 aliphatic rings. The SMILES string of the molecule is O=C(Cc1ccc(Cl)cc1Cl)NCCc1ccc(O)c(O)c1. The van der Waals surface area contributed by atoms with Crippen molar-refractivity contribution >= 4 is 29.1 Å². The molecule has 0 aromatic heterocycles. The highest BCUT2D eigenvalue weighted by Crippen LogP contribution is 2.25. The van der Waals surface area contributed by atoms with E-state index in [1.54, 1.807) is 24.3 Å². The van der Waals surface area contributed by atoms with Crippen LogP contribution in [0.15, 0.2) is 36.4 Å². The van der Waals surface area contributed by atoms with Crippen molar-refractivity contribution < 1.29 is 15.0 Å². The number of benzene rings is 2. The van der Waals surface area contributed by atoms with E-state index in [1.165, 1.54) is 12.1 Å². The first kappa shape index (κ1) is 16.5. The monoisotopic (exact) mass is 339 g/mol. The molecule has 116 valence electrons. The second kappa shape index (κ2) is 7.38. The van der Waals surface area contributed by atoms with Crippen molar-refractivity contribution in [1.29, 1.82) is 0 Å². The van der Waals surface area contributed by atoms with Crippen LogP contribution in [0.4, 0.5) is 0 Å². The molecule has 1 amide bonds. The zero-order valence-electron chi connectivity index (χ0n) is 11.6. The number of carbonyl (C=O) groups excluding carboxylic acids is 1. The summed E-state index contributed by atoms with van der Waals surface area (Å²) in [6.07, 6.45) is 0.727. The second-order valence-electron chi connectivity index (χ2n) is 4.84. The first-order valence-electron chi connectivity index (χ1n) is 6.67. The maximum absolute atomic E-state index is 11.9. The summed E-state index contributed by atoms with van der Waals surface area (Å²) < 4.78 is 0. The van der Waals surface area contributed by atoms with E-state index in [1.807, 2.05) is 0 Å². The van der Waals surface area contributed by atoms with Crippen molar-refractivity contribution in [2.75, 3.05) is 6.54 Å². The van der Waals surface area contributed by atoms with Crippen LogP contribution in [0.1, 0.15) is 11.1 Å². The number of halogens is 2. The zero-order valence-corrected chi connectivity index (χ0v) is 13.2. The number of carbonyl (C=O) groups is 1. The summed E-state index contributed by atoms with van der Waals surface area (Å²) in [6.45, 7) is 0.425. The first-order valence-corrected chi connectivity index (χ1v) is 7.43. The first-order chi connectivity index (χ1) is 10.5. The molecule has 0 atom stereocenters. The number of rotatable bonds is 5. The molecule has 4 nitrogen and oxygen atoms in total. The Bertz CT molecular complexity index is 689. The average molecular weight is 340 g/mol. The number of phenolic OH excluding ortho intramolecular Hbond substituents is 2. The Morgan fingerprint density at radius 3 is 2.50 bits per heavy atom. The number of aromatic hydroxyl groups is 2. The van der Waals surface area contributed by atoms with Crippen LogP contribution in [0.3, 0.4) is 0 Å². The molecule has 2 aromatic carbocycles. The van der Waals surface area contributed by atoms with E-state index in [-0.39, 0.29) is 23.8 Å². The molecule has 0 aliphatic heterocycles. The van der Waals surface area contributed by atoms with E-state index < -0.39 is 0 Å². The smallest absolute Gasteiger partial charge is 0.224 e. The molecule has 2 aromatic rings. The normalized spacial score (nSPS) is 10.5. The molecule has 0 saturated heterocycles. The van der Waals surface area contributed by atoms with Gasteiger partial charge in [-0.1, -0.05) is 35.3 Å². The highest BCUT2D eigenvalue weighted by Gasteiger charge is 2.08. The quantitative estimate of drug-likeness (QED) is 0.732. The predicted octanol–water partition coefficient (Wildman–Crippen LogP) is 3.31. The molecule has 0 unspecified atom stereocenters. The van der Waals surface area contributed by atoms with Crippen molar-refractivity contribution in [3.63, 3.8) is 0 Å². The van der Waals surface area contributed by atoms with Gasteiger partial charge < -0.3 is 15.5 Å². The van der Waals surface area contributed by atoms with E-state index in [0.717, 1.165) is 5.56 Å². The molecule has 2 rings (SSSR count). The van der Waals surface area contributed by atoms with E-state index in [2.05, 4.69) is 5.32 Å². The molecule has 0 saturated carbocycles. The largest absolute Gasteiger partial charge is 0.504 e. The van der Waals surface area contributed by atoms with Gasteiger partial charge in [0.15, 0.2) is 11.5 Å². The molecular formula is C16H15Cl2NO3. The summed E-state index contributed by atoms with van der Waals surface area (Å²) in [5, 5.41) is 22.4. The fourth-order valence-corrected chi connectivity index (χ4v) is 2.45. The predicted molar refractivity (Wildman–Crippen MR) is 86.7 cm³/mol. The highest BCUT2D eigenvalue weighted by molar-refractivity contribution is 6.35. The number of nitrogens with one attached hydrogen (secondary N) is 1. The van der Waals surface area contributed by atoms with Crippen molar-refractivity contribution in [3.05, 3.63) is 57.6 Å². The number of amides is 1. The Balaban J connectivity index is 1.83. The Kier molecular flexibility index (Phi) is 5.52. The Morgan fingerprint density at radius 1 is 1.05 bits per heavy atom. The third kappa shape index (κ3) is 4.55. The summed E-state index contributed by atoms with van der Waals surface area (Å²) in [6, 6.07) is 9.59. The van der Waals surface area contributed by atoms with E-state index in [9.17, 15) is 15.0 Å². The minimum atomic E-state index is -0.170. The number of phenols is 2. The fourth-order valence-electron chi connectivity index (χ4n) is 1.97. The average Bonchev–Trinajstić information content (AvgIpc) is 2.46. The van der Waals surface area contributed by atoms with Crippen molar-refractivity contribution in [2.45, 2.75) is 12.8 Å². The molecule has 22 heavy (non-hydrogen) atoms. The van der Waals surface area contributed by atoms with Crippen LogP contribution in [0.25, 0.3) is 0 Å². The van der Waals surface area contributed by atoms with Crippen molar-refractivity contribution in [1.82, 2.24) is 5.32 Å². The van der Waals surface area contributed by atoms with E-state index in [0.29, 0.717) is 28.6 Å². The van der Waals surface area contributed by atoms with Gasteiger partial charge in [0.2, 0.25) is 5.91 Å². The lowest BCUT2D eigenvalue weighted by molar-refractivity contribution is -0.120. The molecule has 3 N–H and O–H groups in total. The molecular weight excluding hydrogens is 325 g/mol. The van der Waals surface area contributed by atoms with E-state index >= 15 is 0 Å². The summed E-state index contributed by atoms with van der Waals surface area (Å²) >= 11 is 11.8. The summed E-state index contributed by atoms with van der Waals surface area (Å²) in [7, 11) is 0. The minimum absolute atomic E-state index is 0.146. The van der Waals surface area contributed by atoms with Crippen LogP contribution < -0.4 is 5.32 Å². The molecule has 0 heterocycles. The minimum Gasteiger partial charge on any atom is -0.504 e. The lowest BCUT2D eigenvalue weighted by atomic mass is 10.1. The van der Waals surface area contributed by atoms with Gasteiger partial charge in [-0.05, 0) is 41.8 Å². The molecule has 0 aliphatic carbocycles. The van der Waals surface area contributed by atoms with Crippen LogP contribution in [0.5, 0.6) is 11.5 Å². The maximum atomic E-state index is 11.9. The lowest BCUT2D eigenvalue weighted by Crippen LogP contribution is -2.27. The third-order valence-corrected chi connectivity index (χ3v) is 3.73. The van der Waals surface area contributed by atoms with Gasteiger partial charge in [-0.15, -0.1) is 0 Å². The van der Waals surface area contributed by atoms with Gasteiger partial charge >= 0.3 is 0 Å². The third-order valence-electron chi connectivity index (χ3n) is 3.14. The van der Waals surface area contributed by atoms with Crippen LogP contribution in [0, 0.1) is 0 Å². The molecule has 0 radical (unpaired) electrons. The summed E-state index contributed by atoms with van der Waals surface area (Å²) in [4.78, 5) is 11.9. The van der Waals surface area contributed by atoms with Gasteiger partial charge in [0.05, 0.1) is 6.42 Å². The topological polar surface area (TPSA) is 69.6 Å². The van der Waals surface area contributed by atoms with Crippen molar-refractivity contribution in [3.8, 4) is 11.5 Å². The van der Waals surface area contributed by atoms with Crippen LogP contribution >= 0.6 is 23.2 Å². The number of hydrogen-bond donors (Lipinski definition) is 3. The zero-order chi connectivity index (χ0) is 16.1. The van der Waals surface area contributed by atoms with Crippen LogP contribution in [-0.4, -0.2) is 22.7 Å². The standard InChI is InChI=1S/C16H15Cl2NO3/c17-12-3-2-11(13(18)9-12)8-16(22)19-6-5-10-1-4-14(20)15(21)7-10/h1-4,7,9,20-21H,5-6,8H2,(H,19,22). The maximum Gasteiger partial charge on any atom is 0.224 e. The molecule has 0 fully saturated rings. The van der Waals surface area contributed by atoms with Gasteiger partial charge in [-0.2, -0.15) is 0 Å². The van der Waals surface area contributed by atoms with Gasteiger partial charge in [-0.25, -0.2) is 0 Å². The molecule has 0 spiro atoms. The second-order valence-corrected chi connectivity index (χ2v) is 5.68. The van der Waals surface area contributed by atoms with Crippen LogP contribution in [-0.2, 0) is 17.6 Å². The number of hydrogen-bond acceptors (Lipinski definition) is 3. The Labute approximate surface area is 138 Å². The molecule has 6 heteroatoms. The Morgan fingerprint density at radius 2 is 1.82 bits per heavy atom. The van der Waals surface area contributed by atoms with Gasteiger partial charge in [0.1, 0.15) is 0 Å². The summed E-state index contributed by atoms with van der Waals surface area (Å²) in [5.74, 6) is -0.478. The Hall–Kier alpha value is -1.91. The van der Waals surface area contributed by atoms with Crippen molar-refractivity contribution in [2.24, 2.45) is 0 Å². The van der Waals surface area contributed by atoms with Gasteiger partial charge in [0, 0.05) is 16.6 Å². The lowest BCUT2D eigenvalue weighted by Gasteiger charge is -2.08. The van der Waals surface area contributed by atoms with Crippen LogP contribution in [0.2, 0.25) is 10.0 Å².